The van der Waals surface area contributed by atoms with E-state index in [0.717, 1.165) is 19.6 Å². The number of hydrogen-bond donors (Lipinski definition) is 3. The minimum atomic E-state index is -1.82. The molecule has 1 aromatic rings. The molecule has 0 radical (unpaired) electrons. The number of carbonyl (C=O) groups excluding carboxylic acids is 2. The van der Waals surface area contributed by atoms with Gasteiger partial charge in [0.2, 0.25) is 0 Å². The van der Waals surface area contributed by atoms with Gasteiger partial charge in [0.1, 0.15) is 17.1 Å². The van der Waals surface area contributed by atoms with Crippen LogP contribution in [0.25, 0.3) is 0 Å². The Morgan fingerprint density at radius 1 is 1.11 bits per heavy atom. The van der Waals surface area contributed by atoms with Gasteiger partial charge in [-0.15, -0.1) is 0 Å². The van der Waals surface area contributed by atoms with Gasteiger partial charge >= 0.3 is 11.9 Å². The predicted molar refractivity (Wildman–Crippen MR) is 128 cm³/mol. The van der Waals surface area contributed by atoms with E-state index in [1.165, 1.54) is 25.7 Å². The highest BCUT2D eigenvalue weighted by atomic mass is 16.5. The van der Waals surface area contributed by atoms with Crippen LogP contribution in [0.1, 0.15) is 69.7 Å². The van der Waals surface area contributed by atoms with Gasteiger partial charge in [-0.2, -0.15) is 0 Å². The van der Waals surface area contributed by atoms with E-state index in [9.17, 15) is 9.59 Å². The fourth-order valence-corrected chi connectivity index (χ4v) is 4.00. The Morgan fingerprint density at radius 3 is 2.31 bits per heavy atom. The van der Waals surface area contributed by atoms with Crippen molar-refractivity contribution < 1.29 is 38.9 Å². The molecule has 10 heteroatoms. The standard InChI is InChI=1S/C23H34N2O4.C2H2O4/c1-4-20(22(27)24-11-14-25-12-7-5-6-8-13-25)28-17-9-10-21-18(15-17)19(26)16-23(2,3)29-21;3-1(4)2(5)6/h9-10,15,20H,4-8,11-14,16H2,1-3H3,(H,24,27);(H,3,4)(H,5,6). The Balaban J connectivity index is 0.000000641. The van der Waals surface area contributed by atoms with Crippen LogP contribution in [-0.2, 0) is 14.4 Å². The van der Waals surface area contributed by atoms with Crippen LogP contribution in [0.5, 0.6) is 11.5 Å². The normalized spacial score (nSPS) is 18.0. The molecule has 3 N–H and O–H groups in total. The summed E-state index contributed by atoms with van der Waals surface area (Å²) in [5, 5.41) is 17.8. The third-order valence-corrected chi connectivity index (χ3v) is 5.77. The molecule has 0 spiro atoms. The Morgan fingerprint density at radius 2 is 1.74 bits per heavy atom. The number of carbonyl (C=O) groups is 4. The Bertz CT molecular complexity index is 895. The highest BCUT2D eigenvalue weighted by Crippen LogP contribution is 2.35. The number of nitrogens with zero attached hydrogens (tertiary/aromatic N) is 1. The summed E-state index contributed by atoms with van der Waals surface area (Å²) in [7, 11) is 0. The van der Waals surface area contributed by atoms with Crippen LogP contribution in [0, 0.1) is 0 Å². The van der Waals surface area contributed by atoms with Crippen molar-refractivity contribution in [2.45, 2.75) is 71.0 Å². The maximum Gasteiger partial charge on any atom is 0.414 e. The lowest BCUT2D eigenvalue weighted by atomic mass is 9.93. The summed E-state index contributed by atoms with van der Waals surface area (Å²) in [5.74, 6) is -2.62. The van der Waals surface area contributed by atoms with Gasteiger partial charge in [-0.05, 0) is 64.4 Å². The number of likely N-dealkylation sites (tertiary alicyclic amines) is 1. The summed E-state index contributed by atoms with van der Waals surface area (Å²) in [5.41, 5.74) is 0.0318. The number of aliphatic carboxylic acids is 2. The summed E-state index contributed by atoms with van der Waals surface area (Å²) in [6.07, 6.45) is 5.41. The minimum absolute atomic E-state index is 0.0386. The molecule has 194 valence electrons. The number of carboxylic acids is 2. The molecule has 35 heavy (non-hydrogen) atoms. The first kappa shape index (κ1) is 28.1. The molecule has 0 saturated carbocycles. The van der Waals surface area contributed by atoms with Crippen LogP contribution in [0.2, 0.25) is 0 Å². The zero-order valence-electron chi connectivity index (χ0n) is 20.7. The highest BCUT2D eigenvalue weighted by molar-refractivity contribution is 6.27. The molecule has 0 bridgehead atoms. The molecule has 1 saturated heterocycles. The molecule has 2 heterocycles. The fourth-order valence-electron chi connectivity index (χ4n) is 4.00. The second kappa shape index (κ2) is 13.1. The van der Waals surface area contributed by atoms with Gasteiger partial charge in [0.15, 0.2) is 11.9 Å². The van der Waals surface area contributed by atoms with Crippen molar-refractivity contribution in [1.29, 1.82) is 0 Å². The summed E-state index contributed by atoms with van der Waals surface area (Å²) in [4.78, 5) is 45.6. The number of fused-ring (bicyclic) bond motifs is 1. The van der Waals surface area contributed by atoms with Crippen molar-refractivity contribution in [1.82, 2.24) is 10.2 Å². The molecular formula is C25H36N2O8. The van der Waals surface area contributed by atoms with Gasteiger partial charge in [0, 0.05) is 13.1 Å². The van der Waals surface area contributed by atoms with Gasteiger partial charge in [-0.25, -0.2) is 9.59 Å². The van der Waals surface area contributed by atoms with Crippen molar-refractivity contribution in [3.63, 3.8) is 0 Å². The van der Waals surface area contributed by atoms with Crippen molar-refractivity contribution in [2.75, 3.05) is 26.2 Å². The number of carboxylic acid groups (broad SMARTS) is 2. The predicted octanol–water partition coefficient (Wildman–Crippen LogP) is 2.74. The number of ether oxygens (including phenoxy) is 2. The first-order valence-electron chi connectivity index (χ1n) is 12.0. The number of Topliss-reactive ketones (excluding diaryl/α,β-unsaturated/α-hetero) is 1. The Labute approximate surface area is 205 Å². The van der Waals surface area contributed by atoms with E-state index in [4.69, 9.17) is 29.3 Å². The van der Waals surface area contributed by atoms with Crippen molar-refractivity contribution in [3.05, 3.63) is 23.8 Å². The molecule has 2 aliphatic rings. The average molecular weight is 493 g/mol. The van der Waals surface area contributed by atoms with Gasteiger partial charge in [0.05, 0.1) is 12.0 Å². The smallest absolute Gasteiger partial charge is 0.414 e. The van der Waals surface area contributed by atoms with Crippen molar-refractivity contribution in [2.24, 2.45) is 0 Å². The molecule has 2 aliphatic heterocycles. The van der Waals surface area contributed by atoms with E-state index >= 15 is 0 Å². The molecule has 1 fully saturated rings. The van der Waals surface area contributed by atoms with Crippen LogP contribution in [-0.4, -0.2) is 76.6 Å². The molecular weight excluding hydrogens is 456 g/mol. The Hall–Kier alpha value is -3.14. The van der Waals surface area contributed by atoms with Crippen LogP contribution in [0.15, 0.2) is 18.2 Å². The van der Waals surface area contributed by atoms with Gasteiger partial charge in [0.25, 0.3) is 5.91 Å². The zero-order valence-corrected chi connectivity index (χ0v) is 20.7. The number of rotatable bonds is 7. The van der Waals surface area contributed by atoms with Crippen molar-refractivity contribution >= 4 is 23.6 Å². The summed E-state index contributed by atoms with van der Waals surface area (Å²) in [6, 6.07) is 5.22. The van der Waals surface area contributed by atoms with Gasteiger partial charge in [-0.3, -0.25) is 9.59 Å². The SMILES string of the molecule is CCC(Oc1ccc2c(c1)C(=O)CC(C)(C)O2)C(=O)NCCN1CCCCCC1.O=C(O)C(=O)O. The topological polar surface area (TPSA) is 142 Å². The molecule has 1 amide bonds. The zero-order chi connectivity index (χ0) is 26.0. The van der Waals surface area contributed by atoms with E-state index in [2.05, 4.69) is 10.2 Å². The number of ketones is 1. The lowest BCUT2D eigenvalue weighted by molar-refractivity contribution is -0.159. The lowest BCUT2D eigenvalue weighted by Crippen LogP contribution is -2.42. The van der Waals surface area contributed by atoms with E-state index in [0.29, 0.717) is 36.4 Å². The van der Waals surface area contributed by atoms with Gasteiger partial charge < -0.3 is 29.9 Å². The van der Waals surface area contributed by atoms with Crippen molar-refractivity contribution in [3.8, 4) is 11.5 Å². The second-order valence-corrected chi connectivity index (χ2v) is 9.29. The Kier molecular flexibility index (Phi) is 10.5. The molecule has 10 nitrogen and oxygen atoms in total. The van der Waals surface area contributed by atoms with Gasteiger partial charge in [-0.1, -0.05) is 19.8 Å². The number of hydrogen-bond acceptors (Lipinski definition) is 7. The van der Waals surface area contributed by atoms with E-state index in [-0.39, 0.29) is 11.7 Å². The number of amides is 1. The monoisotopic (exact) mass is 492 g/mol. The summed E-state index contributed by atoms with van der Waals surface area (Å²) >= 11 is 0. The highest BCUT2D eigenvalue weighted by Gasteiger charge is 2.33. The molecule has 0 aliphatic carbocycles. The average Bonchev–Trinajstić information content (AvgIpc) is 3.06. The molecule has 1 unspecified atom stereocenters. The summed E-state index contributed by atoms with van der Waals surface area (Å²) in [6.45, 7) is 9.47. The maximum absolute atomic E-state index is 12.6. The first-order chi connectivity index (χ1) is 16.5. The largest absolute Gasteiger partial charge is 0.487 e. The molecule has 3 rings (SSSR count). The minimum Gasteiger partial charge on any atom is -0.487 e. The first-order valence-corrected chi connectivity index (χ1v) is 12.0. The van der Waals surface area contributed by atoms with Crippen LogP contribution >= 0.6 is 0 Å². The summed E-state index contributed by atoms with van der Waals surface area (Å²) < 4.78 is 11.8. The lowest BCUT2D eigenvalue weighted by Gasteiger charge is -2.31. The van der Waals surface area contributed by atoms with Crippen LogP contribution in [0.4, 0.5) is 0 Å². The van der Waals surface area contributed by atoms with Crippen LogP contribution in [0.3, 0.4) is 0 Å². The third-order valence-electron chi connectivity index (χ3n) is 5.77. The fraction of sp³-hybridized carbons (Fsp3) is 0.600. The number of benzene rings is 1. The van der Waals surface area contributed by atoms with E-state index < -0.39 is 23.6 Å². The number of nitrogens with one attached hydrogen (secondary N) is 1. The van der Waals surface area contributed by atoms with Crippen LogP contribution < -0.4 is 14.8 Å². The third kappa shape index (κ3) is 9.20. The maximum atomic E-state index is 12.6. The molecule has 1 aromatic carbocycles. The molecule has 1 atom stereocenters. The molecule has 0 aromatic heterocycles. The van der Waals surface area contributed by atoms with E-state index in [1.807, 2.05) is 20.8 Å². The quantitative estimate of drug-likeness (QED) is 0.490. The van der Waals surface area contributed by atoms with E-state index in [1.54, 1.807) is 18.2 Å². The second-order valence-electron chi connectivity index (χ2n) is 9.29.